The molecule has 1 aliphatic heterocycles. The van der Waals surface area contributed by atoms with Crippen molar-refractivity contribution in [3.8, 4) is 0 Å². The van der Waals surface area contributed by atoms with Crippen molar-refractivity contribution >= 4 is 17.7 Å². The van der Waals surface area contributed by atoms with Gasteiger partial charge in [0.25, 0.3) is 0 Å². The third-order valence-corrected chi connectivity index (χ3v) is 3.32. The first-order chi connectivity index (χ1) is 8.74. The standard InChI is InChI=1S/C14H24N2O3/c1-10(2)5-7-15-11(17)6-8-16-12(18)9-14(3,4)13(16)19/h10H,5-9H2,1-4H3,(H,15,17). The Hall–Kier alpha value is -1.39. The van der Waals surface area contributed by atoms with Crippen LogP contribution in [0.3, 0.4) is 0 Å². The molecule has 0 aromatic rings. The van der Waals surface area contributed by atoms with Crippen molar-refractivity contribution in [1.29, 1.82) is 0 Å². The van der Waals surface area contributed by atoms with Crippen molar-refractivity contribution in [2.45, 2.75) is 47.0 Å². The zero-order valence-electron chi connectivity index (χ0n) is 12.3. The lowest BCUT2D eigenvalue weighted by Gasteiger charge is -2.17. The van der Waals surface area contributed by atoms with Crippen LogP contribution in [0.1, 0.15) is 47.0 Å². The fourth-order valence-electron chi connectivity index (χ4n) is 2.06. The van der Waals surface area contributed by atoms with Crippen LogP contribution in [-0.2, 0) is 14.4 Å². The number of hydrogen-bond acceptors (Lipinski definition) is 3. The minimum atomic E-state index is -0.620. The Kier molecular flexibility index (Phi) is 5.09. The van der Waals surface area contributed by atoms with E-state index in [1.165, 1.54) is 4.90 Å². The lowest BCUT2D eigenvalue weighted by molar-refractivity contribution is -0.141. The molecule has 1 rings (SSSR count). The van der Waals surface area contributed by atoms with Crippen LogP contribution in [0.5, 0.6) is 0 Å². The van der Waals surface area contributed by atoms with Crippen LogP contribution in [0.15, 0.2) is 0 Å². The van der Waals surface area contributed by atoms with Crippen molar-refractivity contribution in [3.63, 3.8) is 0 Å². The monoisotopic (exact) mass is 268 g/mol. The molecular weight excluding hydrogens is 244 g/mol. The van der Waals surface area contributed by atoms with Crippen LogP contribution in [0, 0.1) is 11.3 Å². The first kappa shape index (κ1) is 15.7. The molecule has 1 saturated heterocycles. The van der Waals surface area contributed by atoms with Gasteiger partial charge in [0.05, 0.1) is 5.41 Å². The number of carbonyl (C=O) groups excluding carboxylic acids is 3. The summed E-state index contributed by atoms with van der Waals surface area (Å²) in [5.41, 5.74) is -0.620. The number of nitrogens with zero attached hydrogens (tertiary/aromatic N) is 1. The van der Waals surface area contributed by atoms with E-state index < -0.39 is 5.41 Å². The Morgan fingerprint density at radius 3 is 2.47 bits per heavy atom. The number of amides is 3. The summed E-state index contributed by atoms with van der Waals surface area (Å²) in [7, 11) is 0. The van der Waals surface area contributed by atoms with Gasteiger partial charge < -0.3 is 5.32 Å². The van der Waals surface area contributed by atoms with Crippen LogP contribution in [-0.4, -0.2) is 35.7 Å². The molecule has 1 fully saturated rings. The molecule has 0 aromatic heterocycles. The highest BCUT2D eigenvalue weighted by atomic mass is 16.2. The van der Waals surface area contributed by atoms with Crippen LogP contribution < -0.4 is 5.32 Å². The smallest absolute Gasteiger partial charge is 0.235 e. The zero-order valence-corrected chi connectivity index (χ0v) is 12.3. The molecule has 0 radical (unpaired) electrons. The molecule has 0 aromatic carbocycles. The molecule has 108 valence electrons. The maximum absolute atomic E-state index is 11.9. The quantitative estimate of drug-likeness (QED) is 0.739. The molecule has 19 heavy (non-hydrogen) atoms. The van der Waals surface area contributed by atoms with Crippen molar-refractivity contribution in [1.82, 2.24) is 10.2 Å². The molecule has 0 aliphatic carbocycles. The lowest BCUT2D eigenvalue weighted by Crippen LogP contribution is -2.36. The summed E-state index contributed by atoms with van der Waals surface area (Å²) in [5.74, 6) is 0.0891. The van der Waals surface area contributed by atoms with Crippen molar-refractivity contribution in [2.24, 2.45) is 11.3 Å². The van der Waals surface area contributed by atoms with Crippen LogP contribution in [0.4, 0.5) is 0 Å². The van der Waals surface area contributed by atoms with E-state index in [1.54, 1.807) is 13.8 Å². The third-order valence-electron chi connectivity index (χ3n) is 3.32. The third kappa shape index (κ3) is 4.33. The van der Waals surface area contributed by atoms with Crippen molar-refractivity contribution < 1.29 is 14.4 Å². The average molecular weight is 268 g/mol. The minimum absolute atomic E-state index is 0.106. The van der Waals surface area contributed by atoms with E-state index in [1.807, 2.05) is 0 Å². The molecule has 5 nitrogen and oxygen atoms in total. The number of likely N-dealkylation sites (tertiary alicyclic amines) is 1. The highest BCUT2D eigenvalue weighted by Gasteiger charge is 2.44. The minimum Gasteiger partial charge on any atom is -0.356 e. The Bertz CT molecular complexity index is 375. The van der Waals surface area contributed by atoms with Crippen LogP contribution in [0.2, 0.25) is 0 Å². The summed E-state index contributed by atoms with van der Waals surface area (Å²) in [5, 5.41) is 2.80. The van der Waals surface area contributed by atoms with E-state index >= 15 is 0 Å². The molecule has 1 heterocycles. The van der Waals surface area contributed by atoms with Gasteiger partial charge in [-0.25, -0.2) is 0 Å². The van der Waals surface area contributed by atoms with Crippen LogP contribution in [0.25, 0.3) is 0 Å². The maximum atomic E-state index is 11.9. The highest BCUT2D eigenvalue weighted by molar-refractivity contribution is 6.05. The second-order valence-electron chi connectivity index (χ2n) is 6.19. The molecular formula is C14H24N2O3. The van der Waals surface area contributed by atoms with Crippen molar-refractivity contribution in [3.05, 3.63) is 0 Å². The van der Waals surface area contributed by atoms with Gasteiger partial charge in [-0.15, -0.1) is 0 Å². The van der Waals surface area contributed by atoms with E-state index in [0.717, 1.165) is 6.42 Å². The van der Waals surface area contributed by atoms with E-state index in [9.17, 15) is 14.4 Å². The summed E-state index contributed by atoms with van der Waals surface area (Å²) in [6.07, 6.45) is 1.35. The Balaban J connectivity index is 2.35. The molecule has 0 unspecified atom stereocenters. The predicted molar refractivity (Wildman–Crippen MR) is 72.2 cm³/mol. The maximum Gasteiger partial charge on any atom is 0.235 e. The largest absolute Gasteiger partial charge is 0.356 e. The predicted octanol–water partition coefficient (Wildman–Crippen LogP) is 1.32. The average Bonchev–Trinajstić information content (AvgIpc) is 2.46. The van der Waals surface area contributed by atoms with E-state index in [0.29, 0.717) is 12.5 Å². The van der Waals surface area contributed by atoms with Gasteiger partial charge in [0.1, 0.15) is 0 Å². The summed E-state index contributed by atoms with van der Waals surface area (Å²) < 4.78 is 0. The molecule has 0 bridgehead atoms. The fraction of sp³-hybridized carbons (Fsp3) is 0.786. The second kappa shape index (κ2) is 6.17. The van der Waals surface area contributed by atoms with Gasteiger partial charge in [0.2, 0.25) is 17.7 Å². The molecule has 0 spiro atoms. The zero-order chi connectivity index (χ0) is 14.6. The van der Waals surface area contributed by atoms with Gasteiger partial charge in [-0.2, -0.15) is 0 Å². The topological polar surface area (TPSA) is 66.5 Å². The molecule has 1 N–H and O–H groups in total. The van der Waals surface area contributed by atoms with Gasteiger partial charge in [-0.05, 0) is 12.3 Å². The Morgan fingerprint density at radius 1 is 1.37 bits per heavy atom. The number of hydrogen-bond donors (Lipinski definition) is 1. The first-order valence-corrected chi connectivity index (χ1v) is 6.85. The SMILES string of the molecule is CC(C)CCNC(=O)CCN1C(=O)CC(C)(C)C1=O. The molecule has 5 heteroatoms. The fourth-order valence-corrected chi connectivity index (χ4v) is 2.06. The van der Waals surface area contributed by atoms with Gasteiger partial charge in [0.15, 0.2) is 0 Å². The molecule has 1 aliphatic rings. The number of imide groups is 1. The van der Waals surface area contributed by atoms with Gasteiger partial charge in [0, 0.05) is 25.9 Å². The number of nitrogens with one attached hydrogen (secondary N) is 1. The van der Waals surface area contributed by atoms with Gasteiger partial charge >= 0.3 is 0 Å². The normalized spacial score (nSPS) is 18.3. The Labute approximate surface area is 114 Å². The Morgan fingerprint density at radius 2 is 2.00 bits per heavy atom. The van der Waals surface area contributed by atoms with Gasteiger partial charge in [-0.1, -0.05) is 27.7 Å². The molecule has 0 atom stereocenters. The molecule has 3 amide bonds. The number of carbonyl (C=O) groups is 3. The summed E-state index contributed by atoms with van der Waals surface area (Å²) >= 11 is 0. The summed E-state index contributed by atoms with van der Waals surface area (Å²) in [6.45, 7) is 8.54. The van der Waals surface area contributed by atoms with E-state index in [-0.39, 0.29) is 37.1 Å². The number of rotatable bonds is 6. The van der Waals surface area contributed by atoms with Crippen molar-refractivity contribution in [2.75, 3.05) is 13.1 Å². The molecule has 0 saturated carbocycles. The van der Waals surface area contributed by atoms with Gasteiger partial charge in [-0.3, -0.25) is 19.3 Å². The van der Waals surface area contributed by atoms with E-state index in [4.69, 9.17) is 0 Å². The van der Waals surface area contributed by atoms with E-state index in [2.05, 4.69) is 19.2 Å². The summed E-state index contributed by atoms with van der Waals surface area (Å²) in [4.78, 5) is 36.4. The lowest BCUT2D eigenvalue weighted by atomic mass is 9.92. The second-order valence-corrected chi connectivity index (χ2v) is 6.19. The first-order valence-electron chi connectivity index (χ1n) is 6.85. The van der Waals surface area contributed by atoms with Crippen LogP contribution >= 0.6 is 0 Å². The summed E-state index contributed by atoms with van der Waals surface area (Å²) in [6, 6.07) is 0. The highest BCUT2D eigenvalue weighted by Crippen LogP contribution is 2.31.